The van der Waals surface area contributed by atoms with Crippen molar-refractivity contribution in [3.8, 4) is 0 Å². The van der Waals surface area contributed by atoms with E-state index >= 15 is 0 Å². The highest BCUT2D eigenvalue weighted by Gasteiger charge is 2.17. The van der Waals surface area contributed by atoms with Crippen LogP contribution in [0.15, 0.2) is 6.20 Å². The second-order valence-corrected chi connectivity index (χ2v) is 7.10. The Morgan fingerprint density at radius 2 is 2.24 bits per heavy atom. The van der Waals surface area contributed by atoms with Crippen LogP contribution in [0, 0.1) is 6.92 Å². The van der Waals surface area contributed by atoms with Crippen molar-refractivity contribution >= 4 is 21.4 Å². The van der Waals surface area contributed by atoms with E-state index in [0.29, 0.717) is 13.0 Å². The van der Waals surface area contributed by atoms with E-state index in [1.807, 2.05) is 6.92 Å². The third-order valence-corrected chi connectivity index (χ3v) is 4.87. The molecule has 98 valence electrons. The van der Waals surface area contributed by atoms with Crippen molar-refractivity contribution in [3.05, 3.63) is 16.1 Å². The number of hydrogen-bond acceptors (Lipinski definition) is 5. The van der Waals surface area contributed by atoms with Crippen LogP contribution in [0.3, 0.4) is 0 Å². The van der Waals surface area contributed by atoms with Crippen LogP contribution in [-0.2, 0) is 10.0 Å². The first kappa shape index (κ1) is 14.6. The van der Waals surface area contributed by atoms with E-state index in [4.69, 9.17) is 5.73 Å². The van der Waals surface area contributed by atoms with Crippen molar-refractivity contribution in [1.29, 1.82) is 0 Å². The second kappa shape index (κ2) is 6.44. The number of aryl methyl sites for hydroxylation is 1. The fraction of sp³-hybridized carbons (Fsp3) is 0.700. The Bertz CT molecular complexity index is 442. The van der Waals surface area contributed by atoms with Crippen LogP contribution >= 0.6 is 11.3 Å². The van der Waals surface area contributed by atoms with Crippen molar-refractivity contribution in [3.63, 3.8) is 0 Å². The van der Waals surface area contributed by atoms with E-state index in [2.05, 4.69) is 9.71 Å². The molecule has 0 aromatic carbocycles. The zero-order valence-electron chi connectivity index (χ0n) is 10.1. The molecule has 1 aromatic rings. The van der Waals surface area contributed by atoms with E-state index in [1.165, 1.54) is 11.3 Å². The molecule has 0 spiro atoms. The minimum atomic E-state index is -3.23. The summed E-state index contributed by atoms with van der Waals surface area (Å²) in [5.74, 6) is 0.124. The quantitative estimate of drug-likeness (QED) is 0.733. The normalized spacial score (nSPS) is 13.8. The first-order valence-corrected chi connectivity index (χ1v) is 8.04. The predicted octanol–water partition coefficient (Wildman–Crippen LogP) is 1.17. The van der Waals surface area contributed by atoms with Gasteiger partial charge >= 0.3 is 0 Å². The number of nitrogens with two attached hydrogens (primary N) is 1. The average Bonchev–Trinajstić information content (AvgIpc) is 2.64. The lowest BCUT2D eigenvalue weighted by molar-refractivity contribution is 0.562. The Morgan fingerprint density at radius 3 is 2.76 bits per heavy atom. The van der Waals surface area contributed by atoms with Crippen molar-refractivity contribution in [2.75, 3.05) is 12.3 Å². The smallest absolute Gasteiger partial charge is 0.212 e. The highest BCUT2D eigenvalue weighted by Crippen LogP contribution is 2.19. The lowest BCUT2D eigenvalue weighted by atomic mass is 10.3. The van der Waals surface area contributed by atoms with Gasteiger partial charge in [-0.1, -0.05) is 0 Å². The Balaban J connectivity index is 2.52. The number of aromatic nitrogens is 1. The molecule has 1 unspecified atom stereocenters. The molecule has 17 heavy (non-hydrogen) atoms. The third-order valence-electron chi connectivity index (χ3n) is 2.23. The highest BCUT2D eigenvalue weighted by molar-refractivity contribution is 7.89. The fourth-order valence-corrected chi connectivity index (χ4v) is 3.59. The number of thiazole rings is 1. The van der Waals surface area contributed by atoms with E-state index in [-0.39, 0.29) is 11.8 Å². The van der Waals surface area contributed by atoms with Crippen LogP contribution in [0.1, 0.15) is 35.7 Å². The molecule has 0 saturated carbocycles. The molecule has 1 heterocycles. The zero-order valence-corrected chi connectivity index (χ0v) is 11.8. The fourth-order valence-electron chi connectivity index (χ4n) is 1.39. The zero-order chi connectivity index (χ0) is 12.9. The van der Waals surface area contributed by atoms with Gasteiger partial charge in [0.25, 0.3) is 0 Å². The lowest BCUT2D eigenvalue weighted by Gasteiger charge is -2.11. The average molecular weight is 277 g/mol. The van der Waals surface area contributed by atoms with Gasteiger partial charge in [-0.15, -0.1) is 11.3 Å². The molecule has 0 aliphatic heterocycles. The number of sulfonamides is 1. The van der Waals surface area contributed by atoms with Gasteiger partial charge in [-0.3, -0.25) is 0 Å². The van der Waals surface area contributed by atoms with Crippen LogP contribution in [0.5, 0.6) is 0 Å². The number of rotatable bonds is 7. The first-order valence-electron chi connectivity index (χ1n) is 5.57. The number of hydrogen-bond donors (Lipinski definition) is 2. The molecule has 3 N–H and O–H groups in total. The summed E-state index contributed by atoms with van der Waals surface area (Å²) in [5.41, 5.74) is 5.33. The Morgan fingerprint density at radius 1 is 1.53 bits per heavy atom. The third kappa shape index (κ3) is 5.12. The summed E-state index contributed by atoms with van der Waals surface area (Å²) in [6, 6.07) is -0.267. The van der Waals surface area contributed by atoms with Crippen molar-refractivity contribution in [2.45, 2.75) is 32.7 Å². The summed E-state index contributed by atoms with van der Waals surface area (Å²) in [6.07, 6.45) is 3.07. The van der Waals surface area contributed by atoms with Crippen molar-refractivity contribution in [1.82, 2.24) is 9.71 Å². The number of unbranched alkanes of at least 4 members (excludes halogenated alkanes) is 1. The van der Waals surface area contributed by atoms with Gasteiger partial charge in [-0.05, 0) is 33.2 Å². The summed E-state index contributed by atoms with van der Waals surface area (Å²) in [4.78, 5) is 5.25. The van der Waals surface area contributed by atoms with Gasteiger partial charge in [-0.25, -0.2) is 18.1 Å². The van der Waals surface area contributed by atoms with Gasteiger partial charge in [0.15, 0.2) is 0 Å². The van der Waals surface area contributed by atoms with Crippen LogP contribution < -0.4 is 10.5 Å². The summed E-state index contributed by atoms with van der Waals surface area (Å²) in [6.45, 7) is 4.28. The van der Waals surface area contributed by atoms with Crippen molar-refractivity contribution in [2.24, 2.45) is 5.73 Å². The molecule has 5 nitrogen and oxygen atoms in total. The molecule has 0 radical (unpaired) electrons. The van der Waals surface area contributed by atoms with Crippen LogP contribution in [0.25, 0.3) is 0 Å². The molecular formula is C10H19N3O2S2. The van der Waals surface area contributed by atoms with Gasteiger partial charge in [0.05, 0.1) is 11.8 Å². The number of nitrogens with one attached hydrogen (secondary N) is 1. The summed E-state index contributed by atoms with van der Waals surface area (Å²) >= 11 is 1.51. The molecular weight excluding hydrogens is 258 g/mol. The van der Waals surface area contributed by atoms with Gasteiger partial charge in [0, 0.05) is 11.1 Å². The maximum atomic E-state index is 11.7. The van der Waals surface area contributed by atoms with E-state index in [1.54, 1.807) is 13.1 Å². The minimum absolute atomic E-state index is 0.124. The Hall–Kier alpha value is -0.500. The van der Waals surface area contributed by atoms with Gasteiger partial charge in [-0.2, -0.15) is 0 Å². The van der Waals surface area contributed by atoms with Crippen LogP contribution in [-0.4, -0.2) is 25.7 Å². The molecule has 0 fully saturated rings. The maximum Gasteiger partial charge on any atom is 0.212 e. The first-order chi connectivity index (χ1) is 7.94. The SMILES string of the molecule is Cc1cnc(C(C)NS(=O)(=O)CCCCN)s1. The van der Waals surface area contributed by atoms with Crippen molar-refractivity contribution < 1.29 is 8.42 Å². The summed E-state index contributed by atoms with van der Waals surface area (Å²) in [7, 11) is -3.23. The molecule has 0 saturated heterocycles. The molecule has 0 aliphatic rings. The lowest BCUT2D eigenvalue weighted by Crippen LogP contribution is -2.29. The van der Waals surface area contributed by atoms with E-state index in [0.717, 1.165) is 16.3 Å². The maximum absolute atomic E-state index is 11.7. The number of nitrogens with zero attached hydrogens (tertiary/aromatic N) is 1. The predicted molar refractivity (Wildman–Crippen MR) is 70.5 cm³/mol. The topological polar surface area (TPSA) is 85.1 Å². The highest BCUT2D eigenvalue weighted by atomic mass is 32.2. The molecule has 0 bridgehead atoms. The molecule has 0 aliphatic carbocycles. The minimum Gasteiger partial charge on any atom is -0.330 e. The molecule has 1 atom stereocenters. The summed E-state index contributed by atoms with van der Waals surface area (Å²) < 4.78 is 26.1. The second-order valence-electron chi connectivity index (χ2n) is 3.96. The van der Waals surface area contributed by atoms with Crippen LogP contribution in [0.4, 0.5) is 0 Å². The molecule has 1 rings (SSSR count). The standard InChI is InChI=1S/C10H19N3O2S2/c1-8-7-12-10(16-8)9(2)13-17(14,15)6-4-3-5-11/h7,9,13H,3-6,11H2,1-2H3. The van der Waals surface area contributed by atoms with Gasteiger partial charge in [0.2, 0.25) is 10.0 Å². The Labute approximate surface area is 106 Å². The van der Waals surface area contributed by atoms with Gasteiger partial charge < -0.3 is 5.73 Å². The van der Waals surface area contributed by atoms with Gasteiger partial charge in [0.1, 0.15) is 5.01 Å². The largest absolute Gasteiger partial charge is 0.330 e. The summed E-state index contributed by atoms with van der Waals surface area (Å²) in [5, 5.41) is 0.796. The monoisotopic (exact) mass is 277 g/mol. The van der Waals surface area contributed by atoms with E-state index < -0.39 is 10.0 Å². The molecule has 1 aromatic heterocycles. The van der Waals surface area contributed by atoms with Crippen LogP contribution in [0.2, 0.25) is 0 Å². The molecule has 7 heteroatoms. The molecule has 0 amide bonds. The Kier molecular flexibility index (Phi) is 5.51. The van der Waals surface area contributed by atoms with E-state index in [9.17, 15) is 8.42 Å².